The summed E-state index contributed by atoms with van der Waals surface area (Å²) in [7, 11) is 0. The largest absolute Gasteiger partial charge is 0.368 e. The van der Waals surface area contributed by atoms with Crippen LogP contribution < -0.4 is 11.1 Å². The summed E-state index contributed by atoms with van der Waals surface area (Å²) in [5, 5.41) is 12.2. The number of thiophene rings is 1. The number of aromatic nitrogens is 4. The minimum atomic E-state index is 0.00252. The number of rotatable bonds is 6. The molecule has 0 bridgehead atoms. The van der Waals surface area contributed by atoms with Gasteiger partial charge in [-0.2, -0.15) is 5.10 Å². The highest BCUT2D eigenvalue weighted by molar-refractivity contribution is 7.19. The van der Waals surface area contributed by atoms with Crippen molar-refractivity contribution in [3.05, 3.63) is 57.7 Å². The van der Waals surface area contributed by atoms with Crippen molar-refractivity contribution in [2.24, 2.45) is 5.73 Å². The van der Waals surface area contributed by atoms with E-state index in [0.717, 1.165) is 52.7 Å². The molecule has 5 rings (SSSR count). The Labute approximate surface area is 186 Å². The molecule has 3 heterocycles. The van der Waals surface area contributed by atoms with Crippen LogP contribution >= 0.6 is 11.3 Å². The minimum absolute atomic E-state index is 0.00252. The first-order valence-electron chi connectivity index (χ1n) is 11.0. The van der Waals surface area contributed by atoms with E-state index < -0.39 is 0 Å². The third-order valence-electron chi connectivity index (χ3n) is 6.04. The van der Waals surface area contributed by atoms with Crippen molar-refractivity contribution in [3.8, 4) is 11.4 Å². The van der Waals surface area contributed by atoms with E-state index in [1.807, 2.05) is 31.3 Å². The number of nitrogens with zero attached hydrogens (tertiary/aromatic N) is 3. The van der Waals surface area contributed by atoms with E-state index in [-0.39, 0.29) is 6.04 Å². The van der Waals surface area contributed by atoms with E-state index in [4.69, 9.17) is 15.7 Å². The Hall–Kier alpha value is -2.77. The van der Waals surface area contributed by atoms with Gasteiger partial charge in [-0.05, 0) is 57.1 Å². The molecule has 0 fully saturated rings. The monoisotopic (exact) mass is 432 g/mol. The van der Waals surface area contributed by atoms with Crippen LogP contribution in [-0.4, -0.2) is 32.8 Å². The summed E-state index contributed by atoms with van der Waals surface area (Å²) in [5.74, 6) is 1.64. The van der Waals surface area contributed by atoms with Gasteiger partial charge in [0.1, 0.15) is 10.6 Å². The molecule has 1 unspecified atom stereocenters. The molecular weight excluding hydrogens is 404 g/mol. The first-order chi connectivity index (χ1) is 15.1. The van der Waals surface area contributed by atoms with Crippen LogP contribution in [-0.2, 0) is 19.3 Å². The van der Waals surface area contributed by atoms with Crippen LogP contribution in [0.4, 0.5) is 5.82 Å². The maximum atomic E-state index is 6.47. The molecule has 0 radical (unpaired) electrons. The molecule has 1 aliphatic rings. The first-order valence-corrected chi connectivity index (χ1v) is 11.8. The molecule has 6 nitrogen and oxygen atoms in total. The quantitative estimate of drug-likeness (QED) is 0.415. The fourth-order valence-electron chi connectivity index (χ4n) is 4.49. The smallest absolute Gasteiger partial charge is 0.166 e. The standard InChI is InChI=1S/C24H28N6S/c1-14-20(15(2)30-29-14)23-27-22(26-13-17(25)12-16-8-4-3-5-9-16)21-18-10-6-7-11-19(18)31-24(21)28-23/h3-5,8-9,17H,6-7,10-13,25H2,1-2H3,(H,29,30)(H,26,27,28). The van der Waals surface area contributed by atoms with Gasteiger partial charge in [-0.15, -0.1) is 11.3 Å². The predicted octanol–water partition coefficient (Wildman–Crippen LogP) is 4.56. The SMILES string of the molecule is Cc1n[nH]c(C)c1-c1nc(NCC(N)Cc2ccccc2)c2c3c(sc2n1)CCCC3. The molecule has 0 amide bonds. The van der Waals surface area contributed by atoms with Gasteiger partial charge in [-0.1, -0.05) is 30.3 Å². The Kier molecular flexibility index (Phi) is 5.46. The van der Waals surface area contributed by atoms with Gasteiger partial charge < -0.3 is 11.1 Å². The van der Waals surface area contributed by atoms with E-state index in [9.17, 15) is 0 Å². The fraction of sp³-hybridized carbons (Fsp3) is 0.375. The number of H-pyrrole nitrogens is 1. The number of benzene rings is 1. The maximum absolute atomic E-state index is 6.47. The molecule has 1 aliphatic carbocycles. The van der Waals surface area contributed by atoms with Crippen LogP contribution in [0, 0.1) is 13.8 Å². The van der Waals surface area contributed by atoms with Gasteiger partial charge in [0.15, 0.2) is 5.82 Å². The molecule has 0 saturated heterocycles. The number of nitrogens with one attached hydrogen (secondary N) is 2. The summed E-state index contributed by atoms with van der Waals surface area (Å²) >= 11 is 1.82. The zero-order valence-corrected chi connectivity index (χ0v) is 18.9. The average Bonchev–Trinajstić information content (AvgIpc) is 3.31. The first kappa shape index (κ1) is 20.2. The van der Waals surface area contributed by atoms with Gasteiger partial charge in [0, 0.05) is 23.2 Å². The van der Waals surface area contributed by atoms with Gasteiger partial charge in [0.2, 0.25) is 0 Å². The summed E-state index contributed by atoms with van der Waals surface area (Å²) in [6.07, 6.45) is 5.56. The number of hydrogen-bond donors (Lipinski definition) is 3. The molecular formula is C24H28N6S. The third-order valence-corrected chi connectivity index (χ3v) is 7.22. The van der Waals surface area contributed by atoms with Crippen molar-refractivity contribution in [1.82, 2.24) is 20.2 Å². The average molecular weight is 433 g/mol. The third kappa shape index (κ3) is 3.95. The predicted molar refractivity (Wildman–Crippen MR) is 128 cm³/mol. The summed E-state index contributed by atoms with van der Waals surface area (Å²) < 4.78 is 0. The fourth-order valence-corrected chi connectivity index (χ4v) is 5.76. The van der Waals surface area contributed by atoms with Gasteiger partial charge in [0.05, 0.1) is 16.6 Å². The summed E-state index contributed by atoms with van der Waals surface area (Å²) in [5.41, 5.74) is 12.1. The number of hydrogen-bond acceptors (Lipinski definition) is 6. The Morgan fingerprint density at radius 2 is 1.94 bits per heavy atom. The zero-order valence-electron chi connectivity index (χ0n) is 18.0. The van der Waals surface area contributed by atoms with Crippen molar-refractivity contribution in [1.29, 1.82) is 0 Å². The van der Waals surface area contributed by atoms with Crippen LogP contribution in [0.1, 0.15) is 40.2 Å². The van der Waals surface area contributed by atoms with E-state index >= 15 is 0 Å². The zero-order chi connectivity index (χ0) is 21.4. The van der Waals surface area contributed by atoms with E-state index in [0.29, 0.717) is 6.54 Å². The van der Waals surface area contributed by atoms with E-state index in [1.54, 1.807) is 0 Å². The normalized spacial score (nSPS) is 14.5. The summed E-state index contributed by atoms with van der Waals surface area (Å²) in [4.78, 5) is 12.5. The van der Waals surface area contributed by atoms with Crippen LogP contribution in [0.3, 0.4) is 0 Å². The van der Waals surface area contributed by atoms with Gasteiger partial charge in [0.25, 0.3) is 0 Å². The maximum Gasteiger partial charge on any atom is 0.166 e. The van der Waals surface area contributed by atoms with Crippen molar-refractivity contribution in [2.45, 2.75) is 52.0 Å². The number of fused-ring (bicyclic) bond motifs is 3. The van der Waals surface area contributed by atoms with Crippen LogP contribution in [0.2, 0.25) is 0 Å². The summed E-state index contributed by atoms with van der Waals surface area (Å²) in [6.45, 7) is 4.67. The van der Waals surface area contributed by atoms with Gasteiger partial charge in [-0.3, -0.25) is 5.10 Å². The lowest BCUT2D eigenvalue weighted by molar-refractivity contribution is 0.695. The van der Waals surface area contributed by atoms with Crippen LogP contribution in [0.15, 0.2) is 30.3 Å². The second-order valence-electron chi connectivity index (χ2n) is 8.43. The molecule has 4 N–H and O–H groups in total. The Morgan fingerprint density at radius 1 is 1.13 bits per heavy atom. The number of aromatic amines is 1. The number of nitrogens with two attached hydrogens (primary N) is 1. The van der Waals surface area contributed by atoms with Crippen molar-refractivity contribution in [2.75, 3.05) is 11.9 Å². The van der Waals surface area contributed by atoms with Crippen molar-refractivity contribution < 1.29 is 0 Å². The second kappa shape index (κ2) is 8.40. The molecule has 3 aromatic heterocycles. The highest BCUT2D eigenvalue weighted by atomic mass is 32.1. The molecule has 0 aliphatic heterocycles. The van der Waals surface area contributed by atoms with E-state index in [2.05, 4.69) is 39.8 Å². The van der Waals surface area contributed by atoms with Crippen molar-refractivity contribution >= 4 is 27.4 Å². The number of anilines is 1. The molecule has 160 valence electrons. The molecule has 7 heteroatoms. The lowest BCUT2D eigenvalue weighted by atomic mass is 9.97. The van der Waals surface area contributed by atoms with Gasteiger partial charge in [-0.25, -0.2) is 9.97 Å². The van der Waals surface area contributed by atoms with Crippen LogP contribution in [0.25, 0.3) is 21.6 Å². The molecule has 4 aromatic rings. The topological polar surface area (TPSA) is 92.5 Å². The minimum Gasteiger partial charge on any atom is -0.368 e. The highest BCUT2D eigenvalue weighted by Gasteiger charge is 2.23. The van der Waals surface area contributed by atoms with Crippen LogP contribution in [0.5, 0.6) is 0 Å². The lowest BCUT2D eigenvalue weighted by Crippen LogP contribution is -2.31. The molecule has 1 aromatic carbocycles. The number of aryl methyl sites for hydroxylation is 4. The molecule has 1 atom stereocenters. The van der Waals surface area contributed by atoms with Gasteiger partial charge >= 0.3 is 0 Å². The molecule has 31 heavy (non-hydrogen) atoms. The lowest BCUT2D eigenvalue weighted by Gasteiger charge is -2.16. The molecule has 0 spiro atoms. The second-order valence-corrected chi connectivity index (χ2v) is 9.51. The Morgan fingerprint density at radius 3 is 2.71 bits per heavy atom. The highest BCUT2D eigenvalue weighted by Crippen LogP contribution is 2.40. The Balaban J connectivity index is 1.51. The van der Waals surface area contributed by atoms with Crippen molar-refractivity contribution in [3.63, 3.8) is 0 Å². The van der Waals surface area contributed by atoms with E-state index in [1.165, 1.54) is 34.2 Å². The summed E-state index contributed by atoms with van der Waals surface area (Å²) in [6, 6.07) is 10.4. The Bertz CT molecular complexity index is 1190. The molecule has 0 saturated carbocycles.